The van der Waals surface area contributed by atoms with E-state index in [1.807, 2.05) is 42.5 Å². The summed E-state index contributed by atoms with van der Waals surface area (Å²) in [5.41, 5.74) is 14.9. The van der Waals surface area contributed by atoms with Crippen LogP contribution in [-0.4, -0.2) is 16.9 Å². The Hall–Kier alpha value is -3.21. The van der Waals surface area contributed by atoms with E-state index >= 15 is 0 Å². The number of aromatic nitrogens is 1. The van der Waals surface area contributed by atoms with Crippen LogP contribution in [0.5, 0.6) is 0 Å². The van der Waals surface area contributed by atoms with Crippen molar-refractivity contribution in [3.05, 3.63) is 65.7 Å². The van der Waals surface area contributed by atoms with Crippen molar-refractivity contribution in [1.29, 1.82) is 0 Å². The number of hydrogen-bond acceptors (Lipinski definition) is 2. The van der Waals surface area contributed by atoms with E-state index in [1.54, 1.807) is 6.07 Å². The normalized spacial score (nSPS) is 11.9. The summed E-state index contributed by atoms with van der Waals surface area (Å²) in [6, 6.07) is 17.4. The molecule has 4 N–H and O–H groups in total. The molecular formula is C21H22N4O. The minimum Gasteiger partial charge on any atom is -0.370 e. The quantitative estimate of drug-likeness (QED) is 0.554. The number of pyridine rings is 1. The number of benzene rings is 2. The van der Waals surface area contributed by atoms with Gasteiger partial charge in [0, 0.05) is 10.9 Å². The lowest BCUT2D eigenvalue weighted by Crippen LogP contribution is -2.24. The predicted molar refractivity (Wildman–Crippen MR) is 106 cm³/mol. The molecule has 5 heteroatoms. The van der Waals surface area contributed by atoms with Gasteiger partial charge >= 0.3 is 0 Å². The zero-order chi connectivity index (χ0) is 18.7. The van der Waals surface area contributed by atoms with Crippen molar-refractivity contribution in [2.24, 2.45) is 16.5 Å². The van der Waals surface area contributed by atoms with Crippen LogP contribution in [0.4, 0.5) is 0 Å². The number of carbonyl (C=O) groups excluding carboxylic acids is 1. The van der Waals surface area contributed by atoms with Crippen molar-refractivity contribution < 1.29 is 4.79 Å². The van der Waals surface area contributed by atoms with Gasteiger partial charge in [-0.25, -0.2) is 4.98 Å². The lowest BCUT2D eigenvalue weighted by molar-refractivity contribution is 0.100. The Morgan fingerprint density at radius 2 is 1.81 bits per heavy atom. The zero-order valence-electron chi connectivity index (χ0n) is 14.9. The SMILES string of the molecule is CCC(C)c1ccccc1-c1cc(C(=O)N=C(N)N)c2ccccc2n1. The molecule has 1 atom stereocenters. The number of nitrogens with zero attached hydrogens (tertiary/aromatic N) is 2. The molecule has 0 saturated heterocycles. The fourth-order valence-corrected chi connectivity index (χ4v) is 3.05. The van der Waals surface area contributed by atoms with E-state index in [-0.39, 0.29) is 5.96 Å². The monoisotopic (exact) mass is 346 g/mol. The fourth-order valence-electron chi connectivity index (χ4n) is 3.05. The third kappa shape index (κ3) is 3.42. The van der Waals surface area contributed by atoms with Crippen LogP contribution in [0.25, 0.3) is 22.2 Å². The van der Waals surface area contributed by atoms with E-state index in [4.69, 9.17) is 16.5 Å². The summed E-state index contributed by atoms with van der Waals surface area (Å²) in [4.78, 5) is 21.0. The van der Waals surface area contributed by atoms with Crippen molar-refractivity contribution in [3.63, 3.8) is 0 Å². The van der Waals surface area contributed by atoms with Gasteiger partial charge in [-0.15, -0.1) is 0 Å². The lowest BCUT2D eigenvalue weighted by Gasteiger charge is -2.15. The Morgan fingerprint density at radius 3 is 2.54 bits per heavy atom. The Balaban J connectivity index is 2.26. The number of para-hydroxylation sites is 1. The van der Waals surface area contributed by atoms with Crippen LogP contribution < -0.4 is 11.5 Å². The summed E-state index contributed by atoms with van der Waals surface area (Å²) < 4.78 is 0. The molecule has 0 aliphatic heterocycles. The topological polar surface area (TPSA) is 94.4 Å². The van der Waals surface area contributed by atoms with E-state index in [1.165, 1.54) is 5.56 Å². The van der Waals surface area contributed by atoms with Gasteiger partial charge in [-0.05, 0) is 30.0 Å². The molecule has 1 amide bonds. The summed E-state index contributed by atoms with van der Waals surface area (Å²) >= 11 is 0. The molecule has 2 aromatic carbocycles. The van der Waals surface area contributed by atoms with E-state index in [2.05, 4.69) is 24.9 Å². The highest BCUT2D eigenvalue weighted by Gasteiger charge is 2.16. The Bertz CT molecular complexity index is 990. The Kier molecular flexibility index (Phi) is 4.98. The molecule has 3 aromatic rings. The maximum absolute atomic E-state index is 12.6. The van der Waals surface area contributed by atoms with Crippen molar-refractivity contribution in [1.82, 2.24) is 4.98 Å². The van der Waals surface area contributed by atoms with Crippen LogP contribution in [0.2, 0.25) is 0 Å². The highest BCUT2D eigenvalue weighted by atomic mass is 16.1. The largest absolute Gasteiger partial charge is 0.370 e. The summed E-state index contributed by atoms with van der Waals surface area (Å²) in [5.74, 6) is -0.334. The molecule has 0 spiro atoms. The number of carbonyl (C=O) groups is 1. The first-order valence-electron chi connectivity index (χ1n) is 8.64. The molecule has 0 saturated carbocycles. The second-order valence-corrected chi connectivity index (χ2v) is 6.31. The minimum atomic E-state index is -0.467. The summed E-state index contributed by atoms with van der Waals surface area (Å²) in [6.07, 6.45) is 1.02. The molecule has 0 radical (unpaired) electrons. The molecule has 0 fully saturated rings. The maximum Gasteiger partial charge on any atom is 0.280 e. The van der Waals surface area contributed by atoms with Gasteiger partial charge in [-0.2, -0.15) is 4.99 Å². The first-order valence-corrected chi connectivity index (χ1v) is 8.64. The van der Waals surface area contributed by atoms with Crippen LogP contribution in [0.3, 0.4) is 0 Å². The van der Waals surface area contributed by atoms with Crippen LogP contribution in [-0.2, 0) is 0 Å². The van der Waals surface area contributed by atoms with E-state index < -0.39 is 5.91 Å². The second-order valence-electron chi connectivity index (χ2n) is 6.31. The summed E-state index contributed by atoms with van der Waals surface area (Å²) in [5, 5.41) is 0.729. The highest BCUT2D eigenvalue weighted by molar-refractivity contribution is 6.10. The molecule has 5 nitrogen and oxygen atoms in total. The molecule has 26 heavy (non-hydrogen) atoms. The average Bonchev–Trinajstić information content (AvgIpc) is 2.65. The van der Waals surface area contributed by atoms with E-state index in [0.717, 1.165) is 28.6 Å². The van der Waals surface area contributed by atoms with Crippen LogP contribution in [0.1, 0.15) is 42.1 Å². The lowest BCUT2D eigenvalue weighted by atomic mass is 9.91. The van der Waals surface area contributed by atoms with Gasteiger partial charge < -0.3 is 11.5 Å². The van der Waals surface area contributed by atoms with Crippen molar-refractivity contribution in [2.45, 2.75) is 26.2 Å². The summed E-state index contributed by atoms with van der Waals surface area (Å²) in [6.45, 7) is 4.34. The number of rotatable bonds is 4. The van der Waals surface area contributed by atoms with Crippen molar-refractivity contribution >= 4 is 22.8 Å². The molecule has 1 heterocycles. The number of guanidine groups is 1. The highest BCUT2D eigenvalue weighted by Crippen LogP contribution is 2.32. The van der Waals surface area contributed by atoms with Gasteiger partial charge in [0.2, 0.25) is 0 Å². The van der Waals surface area contributed by atoms with Gasteiger partial charge in [0.25, 0.3) is 5.91 Å². The first kappa shape index (κ1) is 17.6. The number of fused-ring (bicyclic) bond motifs is 1. The Morgan fingerprint density at radius 1 is 1.12 bits per heavy atom. The van der Waals surface area contributed by atoms with Crippen molar-refractivity contribution in [2.75, 3.05) is 0 Å². The van der Waals surface area contributed by atoms with E-state index in [0.29, 0.717) is 11.5 Å². The van der Waals surface area contributed by atoms with Gasteiger partial charge in [-0.3, -0.25) is 4.79 Å². The van der Waals surface area contributed by atoms with Crippen LogP contribution in [0.15, 0.2) is 59.6 Å². The second kappa shape index (κ2) is 7.35. The number of nitrogens with two attached hydrogens (primary N) is 2. The van der Waals surface area contributed by atoms with Gasteiger partial charge in [-0.1, -0.05) is 56.3 Å². The standard InChI is InChI=1S/C21H22N4O/c1-3-13(2)14-8-4-5-9-15(14)19-12-17(20(26)25-21(22)23)16-10-6-7-11-18(16)24-19/h4-13H,3H2,1-2H3,(H4,22,23,25,26). The van der Waals surface area contributed by atoms with Crippen LogP contribution >= 0.6 is 0 Å². The molecular weight excluding hydrogens is 324 g/mol. The minimum absolute atomic E-state index is 0.252. The smallest absolute Gasteiger partial charge is 0.280 e. The third-order valence-electron chi connectivity index (χ3n) is 4.56. The molecule has 1 unspecified atom stereocenters. The third-order valence-corrected chi connectivity index (χ3v) is 4.56. The molecule has 0 aliphatic rings. The molecule has 1 aromatic heterocycles. The average molecular weight is 346 g/mol. The summed E-state index contributed by atoms with van der Waals surface area (Å²) in [7, 11) is 0. The fraction of sp³-hybridized carbons (Fsp3) is 0.190. The molecule has 0 aliphatic carbocycles. The Labute approximate surface area is 152 Å². The predicted octanol–water partition coefficient (Wildman–Crippen LogP) is 3.83. The number of hydrogen-bond donors (Lipinski definition) is 2. The molecule has 132 valence electrons. The van der Waals surface area contributed by atoms with Gasteiger partial charge in [0.1, 0.15) is 0 Å². The van der Waals surface area contributed by atoms with Gasteiger partial charge in [0.15, 0.2) is 5.96 Å². The maximum atomic E-state index is 12.6. The molecule has 0 bridgehead atoms. The molecule has 3 rings (SSSR count). The van der Waals surface area contributed by atoms with Crippen LogP contribution in [0, 0.1) is 0 Å². The first-order chi connectivity index (χ1) is 12.5. The number of amides is 1. The number of aliphatic imine (C=N–C) groups is 1. The van der Waals surface area contributed by atoms with Gasteiger partial charge in [0.05, 0.1) is 16.8 Å². The van der Waals surface area contributed by atoms with Crippen molar-refractivity contribution in [3.8, 4) is 11.3 Å². The van der Waals surface area contributed by atoms with E-state index in [9.17, 15) is 4.79 Å². The zero-order valence-corrected chi connectivity index (χ0v) is 14.9.